The van der Waals surface area contributed by atoms with Crippen LogP contribution in [0.5, 0.6) is 11.5 Å². The van der Waals surface area contributed by atoms with Crippen LogP contribution in [0.15, 0.2) is 36.4 Å². The van der Waals surface area contributed by atoms with Crippen LogP contribution in [0.2, 0.25) is 0 Å². The van der Waals surface area contributed by atoms with Crippen molar-refractivity contribution in [3.8, 4) is 11.5 Å². The number of nitrogens with one attached hydrogen (secondary N) is 2. The fraction of sp³-hybridized carbons (Fsp3) is 0.360. The summed E-state index contributed by atoms with van der Waals surface area (Å²) in [6.45, 7) is 6.40. The minimum absolute atomic E-state index is 0.0170. The van der Waals surface area contributed by atoms with Crippen LogP contribution in [0.3, 0.4) is 0 Å². The fourth-order valence-corrected chi connectivity index (χ4v) is 3.38. The predicted molar refractivity (Wildman–Crippen MR) is 130 cm³/mol. The van der Waals surface area contributed by atoms with Crippen molar-refractivity contribution >= 4 is 40.8 Å². The average Bonchev–Trinajstić information content (AvgIpc) is 2.81. The van der Waals surface area contributed by atoms with Crippen molar-refractivity contribution in [3.63, 3.8) is 0 Å². The third-order valence-corrected chi connectivity index (χ3v) is 5.34. The molecular formula is C25H29N3O7. The monoisotopic (exact) mass is 483 g/mol. The molecule has 0 radical (unpaired) electrons. The summed E-state index contributed by atoms with van der Waals surface area (Å²) in [5, 5.41) is 5.42. The van der Waals surface area contributed by atoms with Crippen LogP contribution in [0.1, 0.15) is 38.1 Å². The molecule has 0 unspecified atom stereocenters. The van der Waals surface area contributed by atoms with Gasteiger partial charge in [-0.05, 0) is 19.1 Å². The Labute approximate surface area is 203 Å². The van der Waals surface area contributed by atoms with Crippen molar-refractivity contribution in [2.45, 2.75) is 33.8 Å². The van der Waals surface area contributed by atoms with E-state index in [0.29, 0.717) is 17.1 Å². The van der Waals surface area contributed by atoms with Crippen LogP contribution < -0.4 is 25.0 Å². The van der Waals surface area contributed by atoms with Gasteiger partial charge in [0.05, 0.1) is 36.8 Å². The molecule has 1 atom stereocenters. The smallest absolute Gasteiger partial charge is 0.341 e. The molecule has 2 aromatic carbocycles. The molecule has 0 spiro atoms. The van der Waals surface area contributed by atoms with Gasteiger partial charge in [0.1, 0.15) is 6.54 Å². The summed E-state index contributed by atoms with van der Waals surface area (Å²) in [6.07, 6.45) is -1.22. The highest BCUT2D eigenvalue weighted by molar-refractivity contribution is 6.11. The second-order valence-electron chi connectivity index (χ2n) is 8.99. The number of ether oxygens (including phenoxy) is 3. The van der Waals surface area contributed by atoms with Crippen LogP contribution in [0.25, 0.3) is 0 Å². The van der Waals surface area contributed by atoms with Gasteiger partial charge in [-0.1, -0.05) is 32.9 Å². The molecule has 1 heterocycles. The standard InChI is InChI=1S/C25H29N3O7/c1-14(22(30)28-13-21(29)26-16-9-7-8-10-18(16)28)35-23(31)15-11-19(33-5)20(34-6)12-17(15)27-24(32)25(2,3)4/h7-12,14H,13H2,1-6H3,(H,26,29)(H,27,32)/t14-/m1/s1. The third kappa shape index (κ3) is 5.53. The van der Waals surface area contributed by atoms with Gasteiger partial charge in [-0.15, -0.1) is 0 Å². The Bertz CT molecular complexity index is 1170. The molecule has 0 aliphatic carbocycles. The highest BCUT2D eigenvalue weighted by Gasteiger charge is 2.32. The van der Waals surface area contributed by atoms with E-state index >= 15 is 0 Å². The maximum absolute atomic E-state index is 13.2. The molecule has 0 bridgehead atoms. The molecule has 10 heteroatoms. The predicted octanol–water partition coefficient (Wildman–Crippen LogP) is 3.22. The molecular weight excluding hydrogens is 454 g/mol. The van der Waals surface area contributed by atoms with Gasteiger partial charge < -0.3 is 24.8 Å². The van der Waals surface area contributed by atoms with Gasteiger partial charge >= 0.3 is 5.97 Å². The number of hydrogen-bond acceptors (Lipinski definition) is 7. The number of anilines is 3. The van der Waals surface area contributed by atoms with Crippen LogP contribution in [0.4, 0.5) is 17.1 Å². The third-order valence-electron chi connectivity index (χ3n) is 5.34. The average molecular weight is 484 g/mol. The van der Waals surface area contributed by atoms with E-state index in [1.165, 1.54) is 38.2 Å². The molecule has 0 aromatic heterocycles. The molecule has 0 fully saturated rings. The lowest BCUT2D eigenvalue weighted by Gasteiger charge is -2.30. The van der Waals surface area contributed by atoms with Crippen molar-refractivity contribution in [1.82, 2.24) is 0 Å². The zero-order valence-electron chi connectivity index (χ0n) is 20.6. The largest absolute Gasteiger partial charge is 0.493 e. The van der Waals surface area contributed by atoms with Crippen molar-refractivity contribution < 1.29 is 33.4 Å². The highest BCUT2D eigenvalue weighted by Crippen LogP contribution is 2.35. The van der Waals surface area contributed by atoms with Crippen molar-refractivity contribution in [2.75, 3.05) is 36.3 Å². The Morgan fingerprint density at radius 1 is 1.06 bits per heavy atom. The number of nitrogens with zero attached hydrogens (tertiary/aromatic N) is 1. The topological polar surface area (TPSA) is 123 Å². The van der Waals surface area contributed by atoms with E-state index in [-0.39, 0.29) is 35.4 Å². The number of rotatable bonds is 6. The highest BCUT2D eigenvalue weighted by atomic mass is 16.5. The second kappa shape index (κ2) is 10.0. The van der Waals surface area contributed by atoms with Crippen LogP contribution in [-0.2, 0) is 19.1 Å². The summed E-state index contributed by atoms with van der Waals surface area (Å²) in [5.41, 5.74) is 0.387. The van der Waals surface area contributed by atoms with Gasteiger partial charge in [-0.2, -0.15) is 0 Å². The first-order valence-corrected chi connectivity index (χ1v) is 10.9. The molecule has 0 saturated carbocycles. The Morgan fingerprint density at radius 3 is 2.31 bits per heavy atom. The summed E-state index contributed by atoms with van der Waals surface area (Å²) < 4.78 is 16.1. The summed E-state index contributed by atoms with van der Waals surface area (Å²) in [4.78, 5) is 52.3. The summed E-state index contributed by atoms with van der Waals surface area (Å²) in [5.74, 6) is -1.57. The lowest BCUT2D eigenvalue weighted by atomic mass is 9.95. The van der Waals surface area contributed by atoms with Crippen molar-refractivity contribution in [2.24, 2.45) is 5.41 Å². The van der Waals surface area contributed by atoms with Gasteiger partial charge in [-0.25, -0.2) is 4.79 Å². The van der Waals surface area contributed by atoms with Gasteiger partial charge in [0, 0.05) is 17.5 Å². The number of benzene rings is 2. The van der Waals surface area contributed by atoms with Crippen LogP contribution in [0, 0.1) is 5.41 Å². The van der Waals surface area contributed by atoms with Gasteiger partial charge in [-0.3, -0.25) is 19.3 Å². The minimum atomic E-state index is -1.22. The number of methoxy groups -OCH3 is 2. The molecule has 35 heavy (non-hydrogen) atoms. The molecule has 1 aliphatic rings. The first-order valence-electron chi connectivity index (χ1n) is 10.9. The van der Waals surface area contributed by atoms with E-state index < -0.39 is 23.4 Å². The molecule has 186 valence electrons. The van der Waals surface area contributed by atoms with E-state index in [1.807, 2.05) is 0 Å². The summed E-state index contributed by atoms with van der Waals surface area (Å²) >= 11 is 0. The van der Waals surface area contributed by atoms with Crippen LogP contribution in [-0.4, -0.2) is 50.6 Å². The molecule has 2 aromatic rings. The summed E-state index contributed by atoms with van der Waals surface area (Å²) in [7, 11) is 2.84. The van der Waals surface area contributed by atoms with E-state index in [0.717, 1.165) is 0 Å². The Balaban J connectivity index is 1.89. The number of fused-ring (bicyclic) bond motifs is 1. The lowest BCUT2D eigenvalue weighted by molar-refractivity contribution is -0.128. The Kier molecular flexibility index (Phi) is 7.33. The first-order chi connectivity index (χ1) is 16.5. The normalized spacial score (nSPS) is 13.8. The number of esters is 1. The van der Waals surface area contributed by atoms with E-state index in [4.69, 9.17) is 14.2 Å². The zero-order chi connectivity index (χ0) is 25.9. The molecule has 3 amide bonds. The number of hydrogen-bond donors (Lipinski definition) is 2. The van der Waals surface area contributed by atoms with Crippen molar-refractivity contribution in [3.05, 3.63) is 42.0 Å². The minimum Gasteiger partial charge on any atom is -0.493 e. The zero-order valence-corrected chi connectivity index (χ0v) is 20.6. The first kappa shape index (κ1) is 25.5. The van der Waals surface area contributed by atoms with Gasteiger partial charge in [0.2, 0.25) is 11.8 Å². The number of para-hydroxylation sites is 2. The quantitative estimate of drug-likeness (QED) is 0.605. The van der Waals surface area contributed by atoms with Gasteiger partial charge in [0.25, 0.3) is 5.91 Å². The maximum Gasteiger partial charge on any atom is 0.341 e. The molecule has 3 rings (SSSR count). The lowest BCUT2D eigenvalue weighted by Crippen LogP contribution is -2.47. The van der Waals surface area contributed by atoms with E-state index in [1.54, 1.807) is 45.0 Å². The number of carbonyl (C=O) groups is 4. The maximum atomic E-state index is 13.2. The molecule has 2 N–H and O–H groups in total. The Morgan fingerprint density at radius 2 is 1.69 bits per heavy atom. The van der Waals surface area contributed by atoms with E-state index in [9.17, 15) is 19.2 Å². The molecule has 10 nitrogen and oxygen atoms in total. The number of amides is 3. The van der Waals surface area contributed by atoms with E-state index in [2.05, 4.69) is 10.6 Å². The molecule has 0 saturated heterocycles. The summed E-state index contributed by atoms with van der Waals surface area (Å²) in [6, 6.07) is 9.67. The second-order valence-corrected chi connectivity index (χ2v) is 8.99. The molecule has 1 aliphatic heterocycles. The SMILES string of the molecule is COc1cc(NC(=O)C(C)(C)C)c(C(=O)O[C@H](C)C(=O)N2CC(=O)Nc3ccccc32)cc1OC. The van der Waals surface area contributed by atoms with Crippen LogP contribution >= 0.6 is 0 Å². The Hall–Kier alpha value is -4.08. The number of carbonyl (C=O) groups excluding carboxylic acids is 4. The van der Waals surface area contributed by atoms with Crippen molar-refractivity contribution in [1.29, 1.82) is 0 Å². The fourth-order valence-electron chi connectivity index (χ4n) is 3.38. The van der Waals surface area contributed by atoms with Gasteiger partial charge in [0.15, 0.2) is 17.6 Å².